The molecule has 1 fully saturated rings. The van der Waals surface area contributed by atoms with Gasteiger partial charge in [0.1, 0.15) is 0 Å². The molecule has 0 unspecified atom stereocenters. The second kappa shape index (κ2) is 6.85. The van der Waals surface area contributed by atoms with Gasteiger partial charge in [-0.25, -0.2) is 4.79 Å². The van der Waals surface area contributed by atoms with E-state index in [1.165, 1.54) is 24.2 Å². The Kier molecular flexibility index (Phi) is 5.14. The SMILES string of the molecule is CSc1ccc(NC(=O)N[C@@H]2CCCC[C@H]2C)cc1. The molecule has 2 amide bonds. The number of hydrogen-bond acceptors (Lipinski definition) is 2. The van der Waals surface area contributed by atoms with Gasteiger partial charge in [0, 0.05) is 16.6 Å². The zero-order valence-electron chi connectivity index (χ0n) is 11.6. The molecule has 104 valence electrons. The summed E-state index contributed by atoms with van der Waals surface area (Å²) in [5.74, 6) is 0.582. The Hall–Kier alpha value is -1.16. The fourth-order valence-electron chi connectivity index (χ4n) is 2.54. The zero-order valence-corrected chi connectivity index (χ0v) is 12.4. The lowest BCUT2D eigenvalue weighted by Crippen LogP contribution is -2.43. The fraction of sp³-hybridized carbons (Fsp3) is 0.533. The Labute approximate surface area is 119 Å². The summed E-state index contributed by atoms with van der Waals surface area (Å²) < 4.78 is 0. The van der Waals surface area contributed by atoms with Crippen LogP contribution in [0.25, 0.3) is 0 Å². The summed E-state index contributed by atoms with van der Waals surface area (Å²) in [5, 5.41) is 5.99. The molecular weight excluding hydrogens is 256 g/mol. The zero-order chi connectivity index (χ0) is 13.7. The van der Waals surface area contributed by atoms with Gasteiger partial charge in [-0.3, -0.25) is 0 Å². The van der Waals surface area contributed by atoms with E-state index in [4.69, 9.17) is 0 Å². The highest BCUT2D eigenvalue weighted by Gasteiger charge is 2.22. The molecule has 1 aliphatic rings. The van der Waals surface area contributed by atoms with Crippen molar-refractivity contribution in [3.8, 4) is 0 Å². The van der Waals surface area contributed by atoms with Crippen molar-refractivity contribution in [2.75, 3.05) is 11.6 Å². The van der Waals surface area contributed by atoms with Crippen LogP contribution in [0.15, 0.2) is 29.2 Å². The van der Waals surface area contributed by atoms with Crippen LogP contribution in [0.1, 0.15) is 32.6 Å². The van der Waals surface area contributed by atoms with Gasteiger partial charge in [-0.2, -0.15) is 0 Å². The summed E-state index contributed by atoms with van der Waals surface area (Å²) in [6.07, 6.45) is 6.86. The van der Waals surface area contributed by atoms with E-state index in [9.17, 15) is 4.79 Å². The Morgan fingerprint density at radius 2 is 1.89 bits per heavy atom. The number of nitrogens with one attached hydrogen (secondary N) is 2. The maximum absolute atomic E-state index is 12.0. The molecule has 19 heavy (non-hydrogen) atoms. The highest BCUT2D eigenvalue weighted by Crippen LogP contribution is 2.24. The molecule has 0 radical (unpaired) electrons. The summed E-state index contributed by atoms with van der Waals surface area (Å²) in [4.78, 5) is 13.2. The number of thioether (sulfide) groups is 1. The third-order valence-electron chi connectivity index (χ3n) is 3.78. The van der Waals surface area contributed by atoms with Crippen molar-refractivity contribution in [3.05, 3.63) is 24.3 Å². The molecule has 0 heterocycles. The summed E-state index contributed by atoms with van der Waals surface area (Å²) >= 11 is 1.70. The monoisotopic (exact) mass is 278 g/mol. The molecule has 0 spiro atoms. The van der Waals surface area contributed by atoms with Gasteiger partial charge in [-0.1, -0.05) is 19.8 Å². The molecule has 1 aliphatic carbocycles. The van der Waals surface area contributed by atoms with Crippen molar-refractivity contribution in [2.45, 2.75) is 43.5 Å². The van der Waals surface area contributed by atoms with E-state index in [-0.39, 0.29) is 6.03 Å². The second-order valence-electron chi connectivity index (χ2n) is 5.20. The van der Waals surface area contributed by atoms with E-state index < -0.39 is 0 Å². The fourth-order valence-corrected chi connectivity index (χ4v) is 2.95. The number of anilines is 1. The van der Waals surface area contributed by atoms with Gasteiger partial charge >= 0.3 is 6.03 Å². The maximum atomic E-state index is 12.0. The minimum absolute atomic E-state index is 0.0874. The van der Waals surface area contributed by atoms with Gasteiger partial charge in [0.25, 0.3) is 0 Å². The van der Waals surface area contributed by atoms with Gasteiger partial charge in [0.15, 0.2) is 0 Å². The lowest BCUT2D eigenvalue weighted by Gasteiger charge is -2.29. The molecule has 0 bridgehead atoms. The number of amides is 2. The van der Waals surface area contributed by atoms with Crippen molar-refractivity contribution in [2.24, 2.45) is 5.92 Å². The molecule has 1 aromatic carbocycles. The normalized spacial score (nSPS) is 22.8. The van der Waals surface area contributed by atoms with Crippen molar-refractivity contribution in [3.63, 3.8) is 0 Å². The standard InChI is InChI=1S/C15H22N2OS/c1-11-5-3-4-6-14(11)17-15(18)16-12-7-9-13(19-2)10-8-12/h7-11,14H,3-6H2,1-2H3,(H2,16,17,18)/t11-,14-/m1/s1. The first-order chi connectivity index (χ1) is 9.19. The average molecular weight is 278 g/mol. The molecule has 0 aromatic heterocycles. The molecule has 3 nitrogen and oxygen atoms in total. The lowest BCUT2D eigenvalue weighted by molar-refractivity contribution is 0.232. The van der Waals surface area contributed by atoms with Gasteiger partial charge < -0.3 is 10.6 Å². The van der Waals surface area contributed by atoms with Gasteiger partial charge in [-0.05, 0) is 49.3 Å². The summed E-state index contributed by atoms with van der Waals surface area (Å²) in [5.41, 5.74) is 0.846. The van der Waals surface area contributed by atoms with E-state index in [1.54, 1.807) is 11.8 Å². The molecule has 2 rings (SSSR count). The molecule has 4 heteroatoms. The van der Waals surface area contributed by atoms with Crippen molar-refractivity contribution in [1.82, 2.24) is 5.32 Å². The van der Waals surface area contributed by atoms with Crippen LogP contribution in [0.5, 0.6) is 0 Å². The molecule has 2 atom stereocenters. The van der Waals surface area contributed by atoms with Crippen LogP contribution in [0.2, 0.25) is 0 Å². The summed E-state index contributed by atoms with van der Waals surface area (Å²) in [6, 6.07) is 8.15. The van der Waals surface area contributed by atoms with E-state index in [2.05, 4.69) is 17.6 Å². The Morgan fingerprint density at radius 3 is 2.53 bits per heavy atom. The van der Waals surface area contributed by atoms with E-state index in [0.29, 0.717) is 12.0 Å². The van der Waals surface area contributed by atoms with Crippen LogP contribution in [0.4, 0.5) is 10.5 Å². The average Bonchev–Trinajstić information content (AvgIpc) is 2.42. The van der Waals surface area contributed by atoms with Crippen molar-refractivity contribution < 1.29 is 4.79 Å². The number of hydrogen-bond donors (Lipinski definition) is 2. The molecular formula is C15H22N2OS. The van der Waals surface area contributed by atoms with Crippen LogP contribution >= 0.6 is 11.8 Å². The molecule has 1 saturated carbocycles. The second-order valence-corrected chi connectivity index (χ2v) is 6.07. The Balaban J connectivity index is 1.86. The Morgan fingerprint density at radius 1 is 1.21 bits per heavy atom. The predicted octanol–water partition coefficient (Wildman–Crippen LogP) is 4.11. The molecule has 0 aliphatic heterocycles. The topological polar surface area (TPSA) is 41.1 Å². The number of benzene rings is 1. The number of carbonyl (C=O) groups excluding carboxylic acids is 1. The smallest absolute Gasteiger partial charge is 0.319 e. The minimum atomic E-state index is -0.0874. The predicted molar refractivity (Wildman–Crippen MR) is 81.8 cm³/mol. The van der Waals surface area contributed by atoms with Crippen molar-refractivity contribution in [1.29, 1.82) is 0 Å². The van der Waals surface area contributed by atoms with Gasteiger partial charge in [0.05, 0.1) is 0 Å². The highest BCUT2D eigenvalue weighted by molar-refractivity contribution is 7.98. The molecule has 0 saturated heterocycles. The summed E-state index contributed by atoms with van der Waals surface area (Å²) in [7, 11) is 0. The van der Waals surface area contributed by atoms with Crippen LogP contribution < -0.4 is 10.6 Å². The van der Waals surface area contributed by atoms with E-state index in [1.807, 2.05) is 30.5 Å². The van der Waals surface area contributed by atoms with Crippen LogP contribution in [0, 0.1) is 5.92 Å². The lowest BCUT2D eigenvalue weighted by atomic mass is 9.86. The minimum Gasteiger partial charge on any atom is -0.335 e. The van der Waals surface area contributed by atoms with Crippen LogP contribution in [-0.4, -0.2) is 18.3 Å². The van der Waals surface area contributed by atoms with Crippen LogP contribution in [-0.2, 0) is 0 Å². The van der Waals surface area contributed by atoms with Crippen molar-refractivity contribution >= 4 is 23.5 Å². The number of rotatable bonds is 3. The van der Waals surface area contributed by atoms with Gasteiger partial charge in [-0.15, -0.1) is 11.8 Å². The van der Waals surface area contributed by atoms with Gasteiger partial charge in [0.2, 0.25) is 0 Å². The first-order valence-electron chi connectivity index (χ1n) is 6.90. The van der Waals surface area contributed by atoms with E-state index in [0.717, 1.165) is 12.1 Å². The Bertz CT molecular complexity index is 419. The number of urea groups is 1. The quantitative estimate of drug-likeness (QED) is 0.817. The third kappa shape index (κ3) is 4.16. The molecule has 2 N–H and O–H groups in total. The first-order valence-corrected chi connectivity index (χ1v) is 8.13. The van der Waals surface area contributed by atoms with E-state index >= 15 is 0 Å². The molecule has 1 aromatic rings. The third-order valence-corrected chi connectivity index (χ3v) is 4.52. The largest absolute Gasteiger partial charge is 0.335 e. The summed E-state index contributed by atoms with van der Waals surface area (Å²) in [6.45, 7) is 2.22. The highest BCUT2D eigenvalue weighted by atomic mass is 32.2. The van der Waals surface area contributed by atoms with Crippen LogP contribution in [0.3, 0.4) is 0 Å². The number of carbonyl (C=O) groups is 1. The maximum Gasteiger partial charge on any atom is 0.319 e. The first kappa shape index (κ1) is 14.3.